The number of carbonyl (C=O) groups excluding carboxylic acids is 2. The molecule has 0 spiro atoms. The van der Waals surface area contributed by atoms with Crippen molar-refractivity contribution in [2.24, 2.45) is 5.92 Å². The first-order chi connectivity index (χ1) is 12.7. The molecule has 3 N–H and O–H groups in total. The van der Waals surface area contributed by atoms with Gasteiger partial charge in [0.25, 0.3) is 5.91 Å². The van der Waals surface area contributed by atoms with Crippen LogP contribution in [0.5, 0.6) is 0 Å². The van der Waals surface area contributed by atoms with Gasteiger partial charge in [-0.25, -0.2) is 0 Å². The number of benzene rings is 2. The Morgan fingerprint density at radius 2 is 1.74 bits per heavy atom. The van der Waals surface area contributed by atoms with Gasteiger partial charge in [-0.3, -0.25) is 14.4 Å². The van der Waals surface area contributed by atoms with Crippen molar-refractivity contribution in [3.8, 4) is 0 Å². The van der Waals surface area contributed by atoms with Crippen LogP contribution in [0.1, 0.15) is 44.0 Å². The quantitative estimate of drug-likeness (QED) is 0.666. The minimum absolute atomic E-state index is 0.0373. The molecule has 0 aliphatic heterocycles. The molecule has 0 heterocycles. The first kappa shape index (κ1) is 20.4. The Kier molecular flexibility index (Phi) is 6.55. The Labute approximate surface area is 159 Å². The molecule has 0 bridgehead atoms. The lowest BCUT2D eigenvalue weighted by molar-refractivity contribution is -0.139. The summed E-state index contributed by atoms with van der Waals surface area (Å²) in [5.74, 6) is -1.53. The normalized spacial score (nSPS) is 13.2. The van der Waals surface area contributed by atoms with Crippen LogP contribution >= 0.6 is 0 Å². The Balaban J connectivity index is 1.89. The molecule has 0 saturated heterocycles. The van der Waals surface area contributed by atoms with Crippen molar-refractivity contribution < 1.29 is 19.5 Å². The van der Waals surface area contributed by atoms with Gasteiger partial charge in [-0.1, -0.05) is 44.2 Å². The number of amides is 2. The van der Waals surface area contributed by atoms with E-state index in [1.165, 1.54) is 0 Å². The van der Waals surface area contributed by atoms with E-state index in [0.29, 0.717) is 5.56 Å². The van der Waals surface area contributed by atoms with Crippen LogP contribution in [0.25, 0.3) is 10.8 Å². The number of carboxylic acid groups (broad SMARTS) is 1. The van der Waals surface area contributed by atoms with Gasteiger partial charge in [0.15, 0.2) is 0 Å². The van der Waals surface area contributed by atoms with Crippen molar-refractivity contribution >= 4 is 28.6 Å². The van der Waals surface area contributed by atoms with E-state index >= 15 is 0 Å². The fraction of sp³-hybridized carbons (Fsp3) is 0.381. The van der Waals surface area contributed by atoms with E-state index in [4.69, 9.17) is 5.11 Å². The van der Waals surface area contributed by atoms with Crippen molar-refractivity contribution in [3.05, 3.63) is 48.0 Å². The van der Waals surface area contributed by atoms with Gasteiger partial charge < -0.3 is 15.7 Å². The number of rotatable bonds is 8. The van der Waals surface area contributed by atoms with Crippen molar-refractivity contribution in [1.82, 2.24) is 10.6 Å². The van der Waals surface area contributed by atoms with Gasteiger partial charge in [0.2, 0.25) is 5.91 Å². The number of aliphatic carboxylic acids is 1. The summed E-state index contributed by atoms with van der Waals surface area (Å²) in [4.78, 5) is 35.5. The molecule has 0 radical (unpaired) electrons. The minimum Gasteiger partial charge on any atom is -0.481 e. The van der Waals surface area contributed by atoms with Crippen LogP contribution in [0.3, 0.4) is 0 Å². The summed E-state index contributed by atoms with van der Waals surface area (Å²) >= 11 is 0. The number of hydrogen-bond donors (Lipinski definition) is 3. The third-order valence-corrected chi connectivity index (χ3v) is 4.87. The smallest absolute Gasteiger partial charge is 0.305 e. The van der Waals surface area contributed by atoms with Crippen LogP contribution in [-0.4, -0.2) is 35.0 Å². The Hall–Kier alpha value is -2.89. The van der Waals surface area contributed by atoms with Crippen LogP contribution in [0.15, 0.2) is 42.5 Å². The van der Waals surface area contributed by atoms with Gasteiger partial charge in [0.1, 0.15) is 0 Å². The molecule has 6 nitrogen and oxygen atoms in total. The fourth-order valence-corrected chi connectivity index (χ4v) is 2.81. The van der Waals surface area contributed by atoms with E-state index in [9.17, 15) is 14.4 Å². The molecule has 0 aliphatic carbocycles. The summed E-state index contributed by atoms with van der Waals surface area (Å²) in [7, 11) is 0. The molecule has 2 aromatic rings. The zero-order valence-electron chi connectivity index (χ0n) is 15.9. The summed E-state index contributed by atoms with van der Waals surface area (Å²) < 4.78 is 0. The third kappa shape index (κ3) is 5.54. The average Bonchev–Trinajstić information content (AvgIpc) is 2.60. The SMILES string of the molecule is CC(C)C(C)(CC(=O)O)NC(=O)CCNC(=O)c1ccc2ccccc2c1. The summed E-state index contributed by atoms with van der Waals surface area (Å²) in [6.45, 7) is 5.63. The van der Waals surface area contributed by atoms with Gasteiger partial charge in [-0.05, 0) is 35.7 Å². The molecular formula is C21H26N2O4. The second kappa shape index (κ2) is 8.66. The van der Waals surface area contributed by atoms with Crippen molar-refractivity contribution in [2.45, 2.75) is 39.2 Å². The molecule has 0 fully saturated rings. The number of fused-ring (bicyclic) bond motifs is 1. The van der Waals surface area contributed by atoms with Gasteiger partial charge in [-0.2, -0.15) is 0 Å². The van der Waals surface area contributed by atoms with E-state index in [2.05, 4.69) is 10.6 Å². The second-order valence-electron chi connectivity index (χ2n) is 7.26. The fourth-order valence-electron chi connectivity index (χ4n) is 2.81. The lowest BCUT2D eigenvalue weighted by Gasteiger charge is -2.33. The Bertz CT molecular complexity index is 847. The van der Waals surface area contributed by atoms with E-state index in [1.54, 1.807) is 13.0 Å². The van der Waals surface area contributed by atoms with Crippen molar-refractivity contribution in [2.75, 3.05) is 6.54 Å². The minimum atomic E-state index is -0.962. The number of carboxylic acids is 1. The van der Waals surface area contributed by atoms with Gasteiger partial charge >= 0.3 is 5.97 Å². The molecule has 27 heavy (non-hydrogen) atoms. The average molecular weight is 370 g/mol. The highest BCUT2D eigenvalue weighted by atomic mass is 16.4. The molecule has 0 aromatic heterocycles. The molecular weight excluding hydrogens is 344 g/mol. The molecule has 1 unspecified atom stereocenters. The topological polar surface area (TPSA) is 95.5 Å². The summed E-state index contributed by atoms with van der Waals surface area (Å²) in [5.41, 5.74) is -0.294. The highest BCUT2D eigenvalue weighted by Gasteiger charge is 2.32. The van der Waals surface area contributed by atoms with Crippen LogP contribution in [0.2, 0.25) is 0 Å². The van der Waals surface area contributed by atoms with E-state index in [0.717, 1.165) is 10.8 Å². The van der Waals surface area contributed by atoms with Gasteiger partial charge in [0, 0.05) is 24.1 Å². The molecule has 6 heteroatoms. The molecule has 144 valence electrons. The van der Waals surface area contributed by atoms with Gasteiger partial charge in [-0.15, -0.1) is 0 Å². The maximum atomic E-state index is 12.3. The van der Waals surface area contributed by atoms with E-state index in [-0.39, 0.29) is 37.1 Å². The summed E-state index contributed by atoms with van der Waals surface area (Å²) in [6, 6.07) is 13.2. The van der Waals surface area contributed by atoms with Crippen LogP contribution in [0.4, 0.5) is 0 Å². The highest BCUT2D eigenvalue weighted by Crippen LogP contribution is 2.21. The number of hydrogen-bond acceptors (Lipinski definition) is 3. The zero-order chi connectivity index (χ0) is 20.0. The lowest BCUT2D eigenvalue weighted by atomic mass is 9.85. The van der Waals surface area contributed by atoms with Crippen molar-refractivity contribution in [3.63, 3.8) is 0 Å². The number of carbonyl (C=O) groups is 3. The number of nitrogens with one attached hydrogen (secondary N) is 2. The Morgan fingerprint density at radius 1 is 1.07 bits per heavy atom. The predicted molar refractivity (Wildman–Crippen MR) is 105 cm³/mol. The standard InChI is InChI=1S/C21H26N2O4/c1-14(2)21(3,13-19(25)26)23-18(24)10-11-22-20(27)17-9-8-15-6-4-5-7-16(15)12-17/h4-9,12,14H,10-11,13H2,1-3H3,(H,22,27)(H,23,24)(H,25,26). The molecule has 2 rings (SSSR count). The molecule has 0 aliphatic rings. The van der Waals surface area contributed by atoms with Gasteiger partial charge in [0.05, 0.1) is 6.42 Å². The van der Waals surface area contributed by atoms with Crippen LogP contribution < -0.4 is 10.6 Å². The summed E-state index contributed by atoms with van der Waals surface area (Å²) in [5, 5.41) is 16.6. The van der Waals surface area contributed by atoms with E-state index < -0.39 is 11.5 Å². The largest absolute Gasteiger partial charge is 0.481 e. The maximum absolute atomic E-state index is 12.3. The summed E-state index contributed by atoms with van der Waals surface area (Å²) in [6.07, 6.45) is -0.0683. The third-order valence-electron chi connectivity index (χ3n) is 4.87. The van der Waals surface area contributed by atoms with E-state index in [1.807, 2.05) is 50.2 Å². The monoisotopic (exact) mass is 370 g/mol. The maximum Gasteiger partial charge on any atom is 0.305 e. The highest BCUT2D eigenvalue weighted by molar-refractivity contribution is 5.98. The molecule has 1 atom stereocenters. The zero-order valence-corrected chi connectivity index (χ0v) is 15.9. The van der Waals surface area contributed by atoms with Crippen LogP contribution in [-0.2, 0) is 9.59 Å². The van der Waals surface area contributed by atoms with Crippen molar-refractivity contribution in [1.29, 1.82) is 0 Å². The second-order valence-corrected chi connectivity index (χ2v) is 7.26. The van der Waals surface area contributed by atoms with Crippen LogP contribution in [0, 0.1) is 5.92 Å². The first-order valence-electron chi connectivity index (χ1n) is 9.01. The molecule has 2 amide bonds. The first-order valence-corrected chi connectivity index (χ1v) is 9.01. The Morgan fingerprint density at radius 3 is 2.37 bits per heavy atom. The molecule has 2 aromatic carbocycles. The predicted octanol–water partition coefficient (Wildman–Crippen LogP) is 2.97. The lowest BCUT2D eigenvalue weighted by Crippen LogP contribution is -2.51. The molecule has 0 saturated carbocycles.